The summed E-state index contributed by atoms with van der Waals surface area (Å²) in [6, 6.07) is 63.5. The Balaban J connectivity index is 1.26. The van der Waals surface area contributed by atoms with E-state index in [0.29, 0.717) is 0 Å². The first kappa shape index (κ1) is 29.5. The highest BCUT2D eigenvalue weighted by atomic mass is 16.3. The number of furan rings is 1. The van der Waals surface area contributed by atoms with Gasteiger partial charge in [0.1, 0.15) is 11.2 Å². The molecule has 0 aliphatic heterocycles. The van der Waals surface area contributed by atoms with Crippen LogP contribution in [0.15, 0.2) is 180 Å². The van der Waals surface area contributed by atoms with Crippen molar-refractivity contribution in [1.29, 1.82) is 0 Å². The SMILES string of the molecule is CC1(C)c2ccccc2-c2c(N(c3ccc(-c4cccc5ccccc45)cc3)c3ccc(-c4ccccc4)c4oc5ccccc5c34)cccc21. The van der Waals surface area contributed by atoms with Gasteiger partial charge in [-0.05, 0) is 80.6 Å². The Kier molecular flexibility index (Phi) is 6.56. The average molecular weight is 654 g/mol. The second-order valence-electron chi connectivity index (χ2n) is 14.1. The number of hydrogen-bond donors (Lipinski definition) is 0. The van der Waals surface area contributed by atoms with Crippen LogP contribution in [0.25, 0.3) is 66.1 Å². The Hall–Kier alpha value is -6.38. The molecule has 1 aliphatic rings. The Morgan fingerprint density at radius 3 is 1.96 bits per heavy atom. The molecule has 242 valence electrons. The van der Waals surface area contributed by atoms with Gasteiger partial charge in [0.15, 0.2) is 0 Å². The molecular weight excluding hydrogens is 619 g/mol. The van der Waals surface area contributed by atoms with E-state index in [1.54, 1.807) is 0 Å². The van der Waals surface area contributed by atoms with Gasteiger partial charge in [0.05, 0.1) is 16.8 Å². The fourth-order valence-corrected chi connectivity index (χ4v) is 8.44. The van der Waals surface area contributed by atoms with E-state index >= 15 is 0 Å². The third-order valence-corrected chi connectivity index (χ3v) is 10.9. The summed E-state index contributed by atoms with van der Waals surface area (Å²) in [5.41, 5.74) is 14.9. The smallest absolute Gasteiger partial charge is 0.145 e. The van der Waals surface area contributed by atoms with E-state index in [0.717, 1.165) is 50.1 Å². The van der Waals surface area contributed by atoms with Gasteiger partial charge in [0.25, 0.3) is 0 Å². The number of hydrogen-bond acceptors (Lipinski definition) is 2. The molecule has 0 atom stereocenters. The van der Waals surface area contributed by atoms with E-state index in [4.69, 9.17) is 4.42 Å². The molecule has 0 amide bonds. The van der Waals surface area contributed by atoms with Crippen molar-refractivity contribution in [2.45, 2.75) is 19.3 Å². The lowest BCUT2D eigenvalue weighted by molar-refractivity contribution is 0.660. The van der Waals surface area contributed by atoms with Gasteiger partial charge in [0, 0.05) is 27.6 Å². The largest absolute Gasteiger partial charge is 0.455 e. The van der Waals surface area contributed by atoms with Crippen molar-refractivity contribution in [1.82, 2.24) is 0 Å². The third-order valence-electron chi connectivity index (χ3n) is 10.9. The van der Waals surface area contributed by atoms with Crippen molar-refractivity contribution < 1.29 is 4.42 Å². The van der Waals surface area contributed by atoms with Gasteiger partial charge < -0.3 is 9.32 Å². The van der Waals surface area contributed by atoms with Crippen LogP contribution in [0, 0.1) is 0 Å². The molecular formula is C49H35NO. The van der Waals surface area contributed by atoms with Crippen LogP contribution < -0.4 is 4.90 Å². The maximum atomic E-state index is 6.77. The van der Waals surface area contributed by atoms with Gasteiger partial charge in [0.2, 0.25) is 0 Å². The number of rotatable bonds is 5. The molecule has 2 heteroatoms. The normalized spacial score (nSPS) is 13.1. The van der Waals surface area contributed by atoms with Crippen LogP contribution in [-0.4, -0.2) is 0 Å². The lowest BCUT2D eigenvalue weighted by Crippen LogP contribution is -2.16. The van der Waals surface area contributed by atoms with Gasteiger partial charge >= 0.3 is 0 Å². The zero-order valence-electron chi connectivity index (χ0n) is 28.6. The highest BCUT2D eigenvalue weighted by Gasteiger charge is 2.38. The van der Waals surface area contributed by atoms with Crippen molar-refractivity contribution in [3.05, 3.63) is 187 Å². The van der Waals surface area contributed by atoms with E-state index < -0.39 is 0 Å². The second-order valence-corrected chi connectivity index (χ2v) is 14.1. The van der Waals surface area contributed by atoms with Crippen LogP contribution in [0.2, 0.25) is 0 Å². The summed E-state index contributed by atoms with van der Waals surface area (Å²) in [5.74, 6) is 0. The summed E-state index contributed by atoms with van der Waals surface area (Å²) in [7, 11) is 0. The molecule has 0 fully saturated rings. The molecule has 0 radical (unpaired) electrons. The van der Waals surface area contributed by atoms with E-state index in [1.165, 1.54) is 44.2 Å². The second kappa shape index (κ2) is 11.3. The Morgan fingerprint density at radius 2 is 1.10 bits per heavy atom. The van der Waals surface area contributed by atoms with Crippen molar-refractivity contribution in [3.8, 4) is 33.4 Å². The quantitative estimate of drug-likeness (QED) is 0.184. The number of nitrogens with zero attached hydrogens (tertiary/aromatic N) is 1. The highest BCUT2D eigenvalue weighted by Crippen LogP contribution is 2.55. The standard InChI is InChI=1S/C49H35NO/c1-49(2)41-22-10-8-19-39(41)46-42(49)23-13-24-43(46)50(35-28-26-34(27-29-35)37-21-12-17-32-16-6-7-18-36(32)37)44-31-30-38(33-14-4-3-5-15-33)48-47(44)40-20-9-11-25-45(40)51-48/h3-31H,1-2H3. The first-order chi connectivity index (χ1) is 25.1. The van der Waals surface area contributed by atoms with E-state index in [1.807, 2.05) is 0 Å². The molecule has 1 aromatic heterocycles. The highest BCUT2D eigenvalue weighted by molar-refractivity contribution is 6.17. The lowest BCUT2D eigenvalue weighted by atomic mass is 9.82. The fraction of sp³-hybridized carbons (Fsp3) is 0.0612. The Bertz CT molecular complexity index is 2770. The molecule has 0 saturated heterocycles. The van der Waals surface area contributed by atoms with Crippen LogP contribution in [0.3, 0.4) is 0 Å². The van der Waals surface area contributed by atoms with Crippen LogP contribution in [0.4, 0.5) is 17.1 Å². The van der Waals surface area contributed by atoms with E-state index in [9.17, 15) is 0 Å². The molecule has 8 aromatic carbocycles. The van der Waals surface area contributed by atoms with Crippen molar-refractivity contribution in [3.63, 3.8) is 0 Å². The van der Waals surface area contributed by atoms with Crippen LogP contribution in [-0.2, 0) is 5.41 Å². The van der Waals surface area contributed by atoms with Gasteiger partial charge in [-0.25, -0.2) is 0 Å². The number of anilines is 3. The summed E-state index contributed by atoms with van der Waals surface area (Å²) in [5, 5.41) is 4.71. The molecule has 10 rings (SSSR count). The zero-order valence-corrected chi connectivity index (χ0v) is 28.6. The molecule has 0 bridgehead atoms. The predicted molar refractivity (Wildman–Crippen MR) is 214 cm³/mol. The van der Waals surface area contributed by atoms with Crippen LogP contribution in [0.5, 0.6) is 0 Å². The maximum absolute atomic E-state index is 6.77. The van der Waals surface area contributed by atoms with Gasteiger partial charge in [-0.15, -0.1) is 0 Å². The van der Waals surface area contributed by atoms with Crippen LogP contribution in [0.1, 0.15) is 25.0 Å². The number of fused-ring (bicyclic) bond motifs is 7. The monoisotopic (exact) mass is 653 g/mol. The molecule has 0 saturated carbocycles. The van der Waals surface area contributed by atoms with Gasteiger partial charge in [-0.3, -0.25) is 0 Å². The molecule has 2 nitrogen and oxygen atoms in total. The average Bonchev–Trinajstić information content (AvgIpc) is 3.69. The van der Waals surface area contributed by atoms with E-state index in [2.05, 4.69) is 195 Å². The molecule has 9 aromatic rings. The summed E-state index contributed by atoms with van der Waals surface area (Å²) >= 11 is 0. The zero-order chi connectivity index (χ0) is 34.1. The molecule has 1 aliphatic carbocycles. The maximum Gasteiger partial charge on any atom is 0.145 e. The summed E-state index contributed by atoms with van der Waals surface area (Å²) in [6.07, 6.45) is 0. The number of benzene rings is 8. The minimum Gasteiger partial charge on any atom is -0.455 e. The van der Waals surface area contributed by atoms with E-state index in [-0.39, 0.29) is 5.41 Å². The molecule has 1 heterocycles. The first-order valence-corrected chi connectivity index (χ1v) is 17.7. The summed E-state index contributed by atoms with van der Waals surface area (Å²) in [6.45, 7) is 4.70. The minimum atomic E-state index is -0.124. The van der Waals surface area contributed by atoms with Crippen molar-refractivity contribution >= 4 is 49.8 Å². The fourth-order valence-electron chi connectivity index (χ4n) is 8.44. The molecule has 51 heavy (non-hydrogen) atoms. The Morgan fingerprint density at radius 1 is 0.451 bits per heavy atom. The topological polar surface area (TPSA) is 16.4 Å². The first-order valence-electron chi connectivity index (χ1n) is 17.7. The van der Waals surface area contributed by atoms with Gasteiger partial charge in [-0.1, -0.05) is 153 Å². The molecule has 0 unspecified atom stereocenters. The van der Waals surface area contributed by atoms with Gasteiger partial charge in [-0.2, -0.15) is 0 Å². The lowest BCUT2D eigenvalue weighted by Gasteiger charge is -2.30. The van der Waals surface area contributed by atoms with Crippen molar-refractivity contribution in [2.75, 3.05) is 4.90 Å². The minimum absolute atomic E-state index is 0.124. The Labute approximate surface area is 297 Å². The predicted octanol–water partition coefficient (Wildman–Crippen LogP) is 13.8. The number of para-hydroxylation sites is 1. The van der Waals surface area contributed by atoms with Crippen LogP contribution >= 0.6 is 0 Å². The summed E-state index contributed by atoms with van der Waals surface area (Å²) < 4.78 is 6.77. The third kappa shape index (κ3) is 4.50. The summed E-state index contributed by atoms with van der Waals surface area (Å²) in [4.78, 5) is 2.46. The molecule has 0 spiro atoms. The van der Waals surface area contributed by atoms with Crippen molar-refractivity contribution in [2.24, 2.45) is 0 Å². The molecule has 0 N–H and O–H groups in total.